The van der Waals surface area contributed by atoms with E-state index in [1.165, 1.54) is 5.56 Å². The van der Waals surface area contributed by atoms with E-state index in [2.05, 4.69) is 23.8 Å². The Hall–Kier alpha value is -3.93. The van der Waals surface area contributed by atoms with Crippen LogP contribution in [0, 0.1) is 0 Å². The van der Waals surface area contributed by atoms with Gasteiger partial charge in [0.25, 0.3) is 5.91 Å². The summed E-state index contributed by atoms with van der Waals surface area (Å²) in [6, 6.07) is 16.4. The second kappa shape index (κ2) is 11.6. The number of carbonyl (C=O) groups is 2. The van der Waals surface area contributed by atoms with Gasteiger partial charge in [-0.15, -0.1) is 0 Å². The number of rotatable bonds is 11. The lowest BCUT2D eigenvalue weighted by atomic mass is 9.98. The van der Waals surface area contributed by atoms with Crippen molar-refractivity contribution < 1.29 is 9.59 Å². The van der Waals surface area contributed by atoms with Gasteiger partial charge in [0.1, 0.15) is 0 Å². The summed E-state index contributed by atoms with van der Waals surface area (Å²) in [7, 11) is 0. The molecule has 3 aromatic rings. The molecule has 0 aliphatic heterocycles. The summed E-state index contributed by atoms with van der Waals surface area (Å²) in [6.45, 7) is 6.93. The Labute approximate surface area is 195 Å². The Bertz CT molecular complexity index is 1090. The summed E-state index contributed by atoms with van der Waals surface area (Å²) in [5.41, 5.74) is 11.6. The van der Waals surface area contributed by atoms with Gasteiger partial charge in [-0.3, -0.25) is 14.6 Å². The molecule has 0 saturated heterocycles. The van der Waals surface area contributed by atoms with Crippen molar-refractivity contribution in [2.45, 2.75) is 32.6 Å². The van der Waals surface area contributed by atoms with E-state index in [4.69, 9.17) is 5.73 Å². The molecule has 2 amide bonds. The van der Waals surface area contributed by atoms with E-state index in [1.54, 1.807) is 53.7 Å². The van der Waals surface area contributed by atoms with Crippen LogP contribution in [-0.4, -0.2) is 23.8 Å². The number of hydrogen-bond acceptors (Lipinski definition) is 4. The summed E-state index contributed by atoms with van der Waals surface area (Å²) in [6.07, 6.45) is 7.88. The fraction of sp³-hybridized carbons (Fsp3) is 0.222. The monoisotopic (exact) mass is 442 g/mol. The van der Waals surface area contributed by atoms with Crippen LogP contribution in [-0.2, 0) is 11.2 Å². The second-order valence-electron chi connectivity index (χ2n) is 7.91. The maximum Gasteiger partial charge on any atom is 0.255 e. The molecule has 0 radical (unpaired) electrons. The number of nitrogens with one attached hydrogen (secondary N) is 1. The number of nitrogens with two attached hydrogens (primary N) is 1. The Morgan fingerprint density at radius 3 is 2.52 bits per heavy atom. The van der Waals surface area contributed by atoms with Crippen LogP contribution in [0.5, 0.6) is 0 Å². The molecular weight excluding hydrogens is 412 g/mol. The topological polar surface area (TPSA) is 88.3 Å². The van der Waals surface area contributed by atoms with Crippen LogP contribution >= 0.6 is 0 Å². The molecule has 0 bridgehead atoms. The molecule has 3 rings (SSSR count). The third-order valence-corrected chi connectivity index (χ3v) is 5.50. The Kier molecular flexibility index (Phi) is 8.36. The van der Waals surface area contributed by atoms with E-state index in [1.807, 2.05) is 18.2 Å². The van der Waals surface area contributed by atoms with Crippen LogP contribution in [0.3, 0.4) is 0 Å². The van der Waals surface area contributed by atoms with Crippen molar-refractivity contribution in [1.82, 2.24) is 4.98 Å². The maximum atomic E-state index is 12.8. The van der Waals surface area contributed by atoms with E-state index >= 15 is 0 Å². The van der Waals surface area contributed by atoms with Crippen molar-refractivity contribution >= 4 is 35.0 Å². The first-order valence-corrected chi connectivity index (χ1v) is 11.1. The van der Waals surface area contributed by atoms with Gasteiger partial charge >= 0.3 is 0 Å². The quantitative estimate of drug-likeness (QED) is 0.310. The Morgan fingerprint density at radius 1 is 1.12 bits per heavy atom. The number of benzene rings is 2. The molecule has 2 aromatic carbocycles. The lowest BCUT2D eigenvalue weighted by Crippen LogP contribution is -2.22. The molecule has 6 nitrogen and oxygen atoms in total. The fourth-order valence-electron chi connectivity index (χ4n) is 3.50. The van der Waals surface area contributed by atoms with E-state index in [-0.39, 0.29) is 5.91 Å². The summed E-state index contributed by atoms with van der Waals surface area (Å²) >= 11 is 0. The molecule has 0 atom stereocenters. The molecule has 0 aliphatic carbocycles. The number of carbonyl (C=O) groups excluding carboxylic acids is 2. The minimum absolute atomic E-state index is 0.231. The van der Waals surface area contributed by atoms with Gasteiger partial charge in [0.15, 0.2) is 0 Å². The maximum absolute atomic E-state index is 12.8. The van der Waals surface area contributed by atoms with Crippen LogP contribution in [0.2, 0.25) is 0 Å². The van der Waals surface area contributed by atoms with Crippen molar-refractivity contribution in [1.29, 1.82) is 0 Å². The smallest absolute Gasteiger partial charge is 0.255 e. The van der Waals surface area contributed by atoms with Crippen molar-refractivity contribution in [2.75, 3.05) is 22.5 Å². The van der Waals surface area contributed by atoms with Crippen LogP contribution in [0.25, 0.3) is 5.57 Å². The second-order valence-corrected chi connectivity index (χ2v) is 7.91. The number of nitrogen functional groups attached to an aromatic ring is 1. The lowest BCUT2D eigenvalue weighted by Gasteiger charge is -2.17. The molecule has 170 valence electrons. The average Bonchev–Trinajstić information content (AvgIpc) is 2.85. The molecule has 0 unspecified atom stereocenters. The predicted octanol–water partition coefficient (Wildman–Crippen LogP) is 5.33. The summed E-state index contributed by atoms with van der Waals surface area (Å²) in [4.78, 5) is 29.8. The number of nitrogens with zero attached hydrogens (tertiary/aromatic N) is 2. The standard InChI is InChI=1S/C27H30N4O2/c1-3-4-17-31(19-32)24-10-7-22(8-11-24)27(33)30-23-9-12-26(28)25(18-23)20(2)5-6-21-13-15-29-16-14-21/h7-16,18-19H,2-6,17,28H2,1H3,(H,30,33). The SMILES string of the molecule is C=C(CCc1ccncc1)c1cc(NC(=O)c2ccc(N(C=O)CCCC)cc2)ccc1N. The van der Waals surface area contributed by atoms with Crippen LogP contribution in [0.1, 0.15) is 47.7 Å². The van der Waals surface area contributed by atoms with E-state index in [9.17, 15) is 9.59 Å². The summed E-state index contributed by atoms with van der Waals surface area (Å²) < 4.78 is 0. The molecule has 0 saturated carbocycles. The molecule has 33 heavy (non-hydrogen) atoms. The zero-order valence-electron chi connectivity index (χ0n) is 19.0. The average molecular weight is 443 g/mol. The fourth-order valence-corrected chi connectivity index (χ4v) is 3.50. The Morgan fingerprint density at radius 2 is 1.85 bits per heavy atom. The number of aryl methyl sites for hydroxylation is 1. The van der Waals surface area contributed by atoms with Gasteiger partial charge in [-0.1, -0.05) is 19.9 Å². The van der Waals surface area contributed by atoms with Crippen LogP contribution < -0.4 is 16.0 Å². The normalized spacial score (nSPS) is 10.5. The van der Waals surface area contributed by atoms with Gasteiger partial charge in [0, 0.05) is 47.1 Å². The van der Waals surface area contributed by atoms with Crippen LogP contribution in [0.15, 0.2) is 73.6 Å². The number of anilines is 3. The highest BCUT2D eigenvalue weighted by molar-refractivity contribution is 6.05. The molecule has 1 aromatic heterocycles. The van der Waals surface area contributed by atoms with Crippen molar-refractivity contribution in [3.63, 3.8) is 0 Å². The van der Waals surface area contributed by atoms with Crippen LogP contribution in [0.4, 0.5) is 17.1 Å². The molecule has 0 fully saturated rings. The number of amides is 2. The van der Waals surface area contributed by atoms with Gasteiger partial charge in [0.05, 0.1) is 0 Å². The third kappa shape index (κ3) is 6.53. The lowest BCUT2D eigenvalue weighted by molar-refractivity contribution is -0.107. The number of unbranched alkanes of at least 4 members (excludes halogenated alkanes) is 1. The third-order valence-electron chi connectivity index (χ3n) is 5.50. The molecule has 0 spiro atoms. The first-order valence-electron chi connectivity index (χ1n) is 11.1. The predicted molar refractivity (Wildman–Crippen MR) is 135 cm³/mol. The van der Waals surface area contributed by atoms with Crippen molar-refractivity contribution in [3.05, 3.63) is 90.3 Å². The van der Waals surface area contributed by atoms with Gasteiger partial charge < -0.3 is 16.0 Å². The number of allylic oxidation sites excluding steroid dienone is 1. The largest absolute Gasteiger partial charge is 0.398 e. The van der Waals surface area contributed by atoms with E-state index < -0.39 is 0 Å². The van der Waals surface area contributed by atoms with Gasteiger partial charge in [-0.05, 0) is 85.0 Å². The molecule has 6 heteroatoms. The van der Waals surface area contributed by atoms with Gasteiger partial charge in [-0.25, -0.2) is 0 Å². The molecular formula is C27H30N4O2. The molecule has 1 heterocycles. The zero-order valence-corrected chi connectivity index (χ0v) is 19.0. The number of hydrogen-bond donors (Lipinski definition) is 2. The van der Waals surface area contributed by atoms with Gasteiger partial charge in [0.2, 0.25) is 6.41 Å². The summed E-state index contributed by atoms with van der Waals surface area (Å²) in [5.74, 6) is -0.231. The minimum atomic E-state index is -0.231. The number of aromatic nitrogens is 1. The number of pyridine rings is 1. The van der Waals surface area contributed by atoms with E-state index in [0.717, 1.165) is 48.9 Å². The first-order chi connectivity index (χ1) is 16.0. The van der Waals surface area contributed by atoms with Crippen molar-refractivity contribution in [3.8, 4) is 0 Å². The first kappa shape index (κ1) is 23.7. The minimum Gasteiger partial charge on any atom is -0.398 e. The Balaban J connectivity index is 1.66. The molecule has 0 aliphatic rings. The highest BCUT2D eigenvalue weighted by Crippen LogP contribution is 2.27. The molecule has 3 N–H and O–H groups in total. The van der Waals surface area contributed by atoms with Gasteiger partial charge in [-0.2, -0.15) is 0 Å². The van der Waals surface area contributed by atoms with E-state index in [0.29, 0.717) is 23.5 Å². The highest BCUT2D eigenvalue weighted by atomic mass is 16.1. The summed E-state index contributed by atoms with van der Waals surface area (Å²) in [5, 5.41) is 2.92. The van der Waals surface area contributed by atoms with Crippen molar-refractivity contribution in [2.24, 2.45) is 0 Å². The zero-order chi connectivity index (χ0) is 23.6. The highest BCUT2D eigenvalue weighted by Gasteiger charge is 2.11.